The molecule has 0 aliphatic heterocycles. The Bertz CT molecular complexity index is 239. The molecule has 0 amide bonds. The predicted molar refractivity (Wildman–Crippen MR) is 40.2 cm³/mol. The molecule has 0 radical (unpaired) electrons. The summed E-state index contributed by atoms with van der Waals surface area (Å²) >= 11 is 5.65. The van der Waals surface area contributed by atoms with Gasteiger partial charge in [0.25, 0.3) is 0 Å². The average Bonchev–Trinajstić information content (AvgIpc) is 1.94. The minimum atomic E-state index is 0.363. The number of methoxy groups -OCH3 is 1. The molecule has 0 bridgehead atoms. The van der Waals surface area contributed by atoms with Crippen LogP contribution in [0.3, 0.4) is 0 Å². The van der Waals surface area contributed by atoms with E-state index in [1.165, 1.54) is 7.11 Å². The third kappa shape index (κ3) is 1.30. The second-order valence-corrected chi connectivity index (χ2v) is 2.13. The van der Waals surface area contributed by atoms with Crippen LogP contribution in [0, 0.1) is 0 Å². The molecule has 3 nitrogen and oxygen atoms in total. The maximum atomic E-state index is 5.65. The molecule has 0 fully saturated rings. The van der Waals surface area contributed by atoms with E-state index in [1.807, 2.05) is 0 Å². The second-order valence-electron chi connectivity index (χ2n) is 1.73. The number of nitrogen functional groups attached to an aromatic ring is 1. The van der Waals surface area contributed by atoms with Crippen molar-refractivity contribution in [3.63, 3.8) is 0 Å². The number of anilines is 1. The average molecular weight is 159 g/mol. The Labute approximate surface area is 63.8 Å². The van der Waals surface area contributed by atoms with E-state index in [2.05, 4.69) is 4.98 Å². The number of nitrogens with two attached hydrogens (primary N) is 1. The van der Waals surface area contributed by atoms with Gasteiger partial charge in [-0.15, -0.1) is 0 Å². The lowest BCUT2D eigenvalue weighted by Gasteiger charge is -2.00. The molecule has 0 aliphatic carbocycles. The third-order valence-corrected chi connectivity index (χ3v) is 1.32. The van der Waals surface area contributed by atoms with Gasteiger partial charge >= 0.3 is 0 Å². The minimum absolute atomic E-state index is 0.363. The van der Waals surface area contributed by atoms with E-state index >= 15 is 0 Å². The fraction of sp³-hybridized carbons (Fsp3) is 0.167. The summed E-state index contributed by atoms with van der Waals surface area (Å²) in [6.07, 6.45) is 0. The molecule has 10 heavy (non-hydrogen) atoms. The van der Waals surface area contributed by atoms with E-state index < -0.39 is 0 Å². The molecule has 0 saturated carbocycles. The van der Waals surface area contributed by atoms with Crippen molar-refractivity contribution in [2.75, 3.05) is 12.8 Å². The monoisotopic (exact) mass is 158 g/mol. The molecule has 1 aromatic rings. The zero-order chi connectivity index (χ0) is 7.56. The lowest BCUT2D eigenvalue weighted by molar-refractivity contribution is 0.399. The van der Waals surface area contributed by atoms with E-state index in [1.54, 1.807) is 12.1 Å². The van der Waals surface area contributed by atoms with Crippen molar-refractivity contribution in [2.24, 2.45) is 0 Å². The zero-order valence-corrected chi connectivity index (χ0v) is 6.22. The quantitative estimate of drug-likeness (QED) is 0.671. The fourth-order valence-corrected chi connectivity index (χ4v) is 0.763. The molecule has 2 N–H and O–H groups in total. The van der Waals surface area contributed by atoms with E-state index in [-0.39, 0.29) is 0 Å². The Morgan fingerprint density at radius 1 is 1.60 bits per heavy atom. The summed E-state index contributed by atoms with van der Waals surface area (Å²) in [7, 11) is 1.49. The molecule has 0 aliphatic rings. The molecule has 4 heteroatoms. The van der Waals surface area contributed by atoms with Crippen molar-refractivity contribution >= 4 is 17.4 Å². The van der Waals surface area contributed by atoms with Gasteiger partial charge in [0.2, 0.25) is 5.88 Å². The summed E-state index contributed by atoms with van der Waals surface area (Å²) < 4.78 is 4.80. The maximum Gasteiger partial charge on any atom is 0.234 e. The SMILES string of the molecule is COc1nc(N)ccc1Cl. The zero-order valence-electron chi connectivity index (χ0n) is 5.47. The fourth-order valence-electron chi connectivity index (χ4n) is 0.581. The highest BCUT2D eigenvalue weighted by molar-refractivity contribution is 6.31. The summed E-state index contributed by atoms with van der Waals surface area (Å²) in [4.78, 5) is 3.81. The lowest BCUT2D eigenvalue weighted by Crippen LogP contribution is -1.93. The number of hydrogen-bond acceptors (Lipinski definition) is 3. The number of ether oxygens (including phenoxy) is 1. The van der Waals surface area contributed by atoms with Crippen molar-refractivity contribution in [3.05, 3.63) is 17.2 Å². The topological polar surface area (TPSA) is 48.1 Å². The molecule has 0 aromatic carbocycles. The van der Waals surface area contributed by atoms with Crippen LogP contribution in [-0.2, 0) is 0 Å². The molecule has 54 valence electrons. The van der Waals surface area contributed by atoms with Gasteiger partial charge in [0.1, 0.15) is 10.8 Å². The van der Waals surface area contributed by atoms with E-state index in [9.17, 15) is 0 Å². The van der Waals surface area contributed by atoms with Crippen LogP contribution in [0.25, 0.3) is 0 Å². The Morgan fingerprint density at radius 2 is 2.30 bits per heavy atom. The Hall–Kier alpha value is -0.960. The third-order valence-electron chi connectivity index (χ3n) is 1.03. The van der Waals surface area contributed by atoms with Crippen molar-refractivity contribution < 1.29 is 4.74 Å². The number of halogens is 1. The summed E-state index contributed by atoms with van der Waals surface area (Å²) in [6, 6.07) is 3.26. The Balaban J connectivity index is 3.09. The Kier molecular flexibility index (Phi) is 1.97. The van der Waals surface area contributed by atoms with Gasteiger partial charge in [0.05, 0.1) is 7.11 Å². The highest BCUT2D eigenvalue weighted by Crippen LogP contribution is 2.21. The van der Waals surface area contributed by atoms with Crippen molar-refractivity contribution in [3.8, 4) is 5.88 Å². The van der Waals surface area contributed by atoms with Crippen LogP contribution >= 0.6 is 11.6 Å². The van der Waals surface area contributed by atoms with Crippen LogP contribution in [0.5, 0.6) is 5.88 Å². The van der Waals surface area contributed by atoms with Crippen LogP contribution in [0.4, 0.5) is 5.82 Å². The lowest BCUT2D eigenvalue weighted by atomic mass is 10.4. The largest absolute Gasteiger partial charge is 0.480 e. The standard InChI is InChI=1S/C6H7ClN2O/c1-10-6-4(7)2-3-5(8)9-6/h2-3H,1H3,(H2,8,9). The second kappa shape index (κ2) is 2.75. The van der Waals surface area contributed by atoms with E-state index in [0.717, 1.165) is 0 Å². The van der Waals surface area contributed by atoms with Gasteiger partial charge < -0.3 is 10.5 Å². The minimum Gasteiger partial charge on any atom is -0.480 e. The predicted octanol–water partition coefficient (Wildman–Crippen LogP) is 1.33. The molecule has 0 spiro atoms. The van der Waals surface area contributed by atoms with Crippen molar-refractivity contribution in [1.82, 2.24) is 4.98 Å². The molecule has 0 saturated heterocycles. The molecular formula is C6H7ClN2O. The number of aromatic nitrogens is 1. The molecule has 0 atom stereocenters. The highest BCUT2D eigenvalue weighted by atomic mass is 35.5. The van der Waals surface area contributed by atoms with Gasteiger partial charge in [-0.2, -0.15) is 4.98 Å². The van der Waals surface area contributed by atoms with Crippen LogP contribution in [0.15, 0.2) is 12.1 Å². The molecule has 1 heterocycles. The van der Waals surface area contributed by atoms with Crippen LogP contribution in [0.2, 0.25) is 5.02 Å². The van der Waals surface area contributed by atoms with E-state index in [0.29, 0.717) is 16.7 Å². The van der Waals surface area contributed by atoms with Crippen LogP contribution in [0.1, 0.15) is 0 Å². The molecular weight excluding hydrogens is 152 g/mol. The first-order chi connectivity index (χ1) is 4.74. The highest BCUT2D eigenvalue weighted by Gasteiger charge is 1.99. The summed E-state index contributed by atoms with van der Waals surface area (Å²) in [5, 5.41) is 0.469. The van der Waals surface area contributed by atoms with Gasteiger partial charge in [0, 0.05) is 0 Å². The van der Waals surface area contributed by atoms with Crippen molar-refractivity contribution in [2.45, 2.75) is 0 Å². The molecule has 1 aromatic heterocycles. The number of nitrogens with zero attached hydrogens (tertiary/aromatic N) is 1. The first-order valence-electron chi connectivity index (χ1n) is 2.70. The molecule has 0 unspecified atom stereocenters. The summed E-state index contributed by atoms with van der Waals surface area (Å²) in [5.41, 5.74) is 5.35. The number of pyridine rings is 1. The van der Waals surface area contributed by atoms with Crippen LogP contribution in [-0.4, -0.2) is 12.1 Å². The van der Waals surface area contributed by atoms with Crippen LogP contribution < -0.4 is 10.5 Å². The molecule has 1 rings (SSSR count). The van der Waals surface area contributed by atoms with E-state index in [4.69, 9.17) is 22.1 Å². The smallest absolute Gasteiger partial charge is 0.234 e. The van der Waals surface area contributed by atoms with Gasteiger partial charge in [-0.05, 0) is 12.1 Å². The van der Waals surface area contributed by atoms with Gasteiger partial charge in [-0.3, -0.25) is 0 Å². The maximum absolute atomic E-state index is 5.65. The van der Waals surface area contributed by atoms with Gasteiger partial charge in [-0.1, -0.05) is 11.6 Å². The summed E-state index contributed by atoms with van der Waals surface area (Å²) in [6.45, 7) is 0. The Morgan fingerprint density at radius 3 is 2.80 bits per heavy atom. The van der Waals surface area contributed by atoms with Gasteiger partial charge in [0.15, 0.2) is 0 Å². The number of rotatable bonds is 1. The summed E-state index contributed by atoms with van der Waals surface area (Å²) in [5.74, 6) is 0.767. The first-order valence-corrected chi connectivity index (χ1v) is 3.08. The van der Waals surface area contributed by atoms with Crippen molar-refractivity contribution in [1.29, 1.82) is 0 Å². The first kappa shape index (κ1) is 7.15. The normalized spacial score (nSPS) is 9.40. The van der Waals surface area contributed by atoms with Gasteiger partial charge in [-0.25, -0.2) is 0 Å². The number of hydrogen-bond donors (Lipinski definition) is 1.